The zero-order valence-corrected chi connectivity index (χ0v) is 48.8. The van der Waals surface area contributed by atoms with Gasteiger partial charge in [-0.3, -0.25) is 0 Å². The van der Waals surface area contributed by atoms with Crippen molar-refractivity contribution in [3.8, 4) is 44.5 Å². The molecule has 0 aliphatic heterocycles. The van der Waals surface area contributed by atoms with E-state index in [2.05, 4.69) is 318 Å². The van der Waals surface area contributed by atoms with Crippen molar-refractivity contribution in [2.75, 3.05) is 14.7 Å². The summed E-state index contributed by atoms with van der Waals surface area (Å²) in [6.07, 6.45) is 0. The van der Waals surface area contributed by atoms with Gasteiger partial charge in [-0.2, -0.15) is 0 Å². The highest BCUT2D eigenvalue weighted by molar-refractivity contribution is 5.71. The lowest BCUT2D eigenvalue weighted by molar-refractivity contribution is 0.795. The molecular weight excluding hydrogens is 991 g/mol. The van der Waals surface area contributed by atoms with Crippen LogP contribution in [0.15, 0.2) is 255 Å². The van der Waals surface area contributed by atoms with Crippen LogP contribution in [0.25, 0.3) is 44.5 Å². The lowest BCUT2D eigenvalue weighted by atomic mass is 10.0. The van der Waals surface area contributed by atoms with Gasteiger partial charge in [0.2, 0.25) is 0 Å². The minimum Gasteiger partial charge on any atom is -0.363 e. The Bertz CT molecular complexity index is 3900. The second kappa shape index (κ2) is 25.1. The zero-order chi connectivity index (χ0) is 56.5. The average molecular weight is 1070 g/mol. The van der Waals surface area contributed by atoms with E-state index in [0.717, 1.165) is 39.3 Å². The van der Waals surface area contributed by atoms with Gasteiger partial charge in [0.15, 0.2) is 0 Å². The molecule has 0 bridgehead atoms. The summed E-state index contributed by atoms with van der Waals surface area (Å²) in [4.78, 5) is 7.54. The molecule has 0 amide bonds. The monoisotopic (exact) mass is 1070 g/mol. The van der Waals surface area contributed by atoms with E-state index in [1.54, 1.807) is 0 Å². The van der Waals surface area contributed by atoms with E-state index in [-0.39, 0.29) is 0 Å². The van der Waals surface area contributed by atoms with Crippen LogP contribution in [-0.4, -0.2) is 0 Å². The van der Waals surface area contributed by atoms with Crippen LogP contribution >= 0.6 is 0 Å². The van der Waals surface area contributed by atoms with Crippen LogP contribution in [0.1, 0.15) is 72.3 Å². The van der Waals surface area contributed by atoms with E-state index in [4.69, 9.17) is 0 Å². The summed E-state index contributed by atoms with van der Waals surface area (Å²) in [6.45, 7) is 20.3. The van der Waals surface area contributed by atoms with Gasteiger partial charge in [0.25, 0.3) is 0 Å². The number of anilines is 3. The Balaban J connectivity index is 0.805. The Morgan fingerprint density at radius 2 is 0.476 bits per heavy atom. The number of hydrogen-bond donors (Lipinski definition) is 0. The fourth-order valence-corrected chi connectivity index (χ4v) is 11.5. The van der Waals surface area contributed by atoms with Crippen LogP contribution in [0.5, 0.6) is 0 Å². The standard InChI is InChI=1S/C79H75N3/c1-56-12-11-15-73(49-56)72-32-23-65(24-33-72)52-82(55-76-27-18-59(4)48-62(76)7)79-44-38-71(39-45-79)70-36-42-78(43-37-70)81(54-75-26-17-58(3)47-61(75)6)51-64-21-30-68(31-22-64)69-34-40-77(41-35-69)80(53-74-25-16-57(2)46-60(74)5)50-63-19-28-67(29-20-63)66-13-9-8-10-14-66/h8-49H,50-55H2,1-7H3. The number of nitrogens with zero attached hydrogens (tertiary/aromatic N) is 3. The van der Waals surface area contributed by atoms with Crippen molar-refractivity contribution in [2.24, 2.45) is 0 Å². The Labute approximate surface area is 488 Å². The summed E-state index contributed by atoms with van der Waals surface area (Å²) in [6, 6.07) is 94.8. The third-order valence-corrected chi connectivity index (χ3v) is 16.4. The minimum absolute atomic E-state index is 0.783. The predicted molar refractivity (Wildman–Crippen MR) is 350 cm³/mol. The summed E-state index contributed by atoms with van der Waals surface area (Å²) < 4.78 is 0. The van der Waals surface area contributed by atoms with Crippen LogP contribution in [0, 0.1) is 48.5 Å². The fraction of sp³-hybridized carbons (Fsp3) is 0.165. The molecule has 11 aromatic carbocycles. The van der Waals surface area contributed by atoms with Crippen molar-refractivity contribution in [1.29, 1.82) is 0 Å². The molecule has 11 rings (SSSR count). The largest absolute Gasteiger partial charge is 0.363 e. The van der Waals surface area contributed by atoms with Gasteiger partial charge in [-0.05, 0) is 179 Å². The molecule has 0 saturated heterocycles. The molecule has 0 aliphatic carbocycles. The highest BCUT2D eigenvalue weighted by atomic mass is 15.1. The van der Waals surface area contributed by atoms with Crippen LogP contribution < -0.4 is 14.7 Å². The average Bonchev–Trinajstić information content (AvgIpc) is 3.55. The molecule has 0 aliphatic rings. The van der Waals surface area contributed by atoms with Crippen molar-refractivity contribution in [3.63, 3.8) is 0 Å². The van der Waals surface area contributed by atoms with Crippen LogP contribution in [0.4, 0.5) is 17.1 Å². The molecule has 82 heavy (non-hydrogen) atoms. The van der Waals surface area contributed by atoms with E-state index < -0.39 is 0 Å². The van der Waals surface area contributed by atoms with Gasteiger partial charge in [-0.25, -0.2) is 0 Å². The summed E-state index contributed by atoms with van der Waals surface area (Å²) >= 11 is 0. The maximum Gasteiger partial charge on any atom is 0.0435 e. The molecule has 0 unspecified atom stereocenters. The van der Waals surface area contributed by atoms with Gasteiger partial charge in [0.1, 0.15) is 0 Å². The van der Waals surface area contributed by atoms with Crippen molar-refractivity contribution in [3.05, 3.63) is 327 Å². The normalized spacial score (nSPS) is 11.2. The molecule has 0 heterocycles. The summed E-state index contributed by atoms with van der Waals surface area (Å²) in [5, 5.41) is 0. The summed E-state index contributed by atoms with van der Waals surface area (Å²) in [5.74, 6) is 0. The zero-order valence-electron chi connectivity index (χ0n) is 48.8. The van der Waals surface area contributed by atoms with Gasteiger partial charge in [0.05, 0.1) is 0 Å². The molecule has 406 valence electrons. The van der Waals surface area contributed by atoms with Gasteiger partial charge < -0.3 is 14.7 Å². The van der Waals surface area contributed by atoms with Gasteiger partial charge in [-0.1, -0.05) is 241 Å². The fourth-order valence-electron chi connectivity index (χ4n) is 11.5. The van der Waals surface area contributed by atoms with Crippen LogP contribution in [0.2, 0.25) is 0 Å². The number of benzene rings is 11. The van der Waals surface area contributed by atoms with Crippen molar-refractivity contribution in [2.45, 2.75) is 87.7 Å². The number of aryl methyl sites for hydroxylation is 7. The third kappa shape index (κ3) is 13.5. The molecule has 0 aromatic heterocycles. The third-order valence-electron chi connectivity index (χ3n) is 16.4. The van der Waals surface area contributed by atoms with Gasteiger partial charge in [0, 0.05) is 56.3 Å². The lowest BCUT2D eigenvalue weighted by Crippen LogP contribution is -2.22. The van der Waals surface area contributed by atoms with Gasteiger partial charge >= 0.3 is 0 Å². The molecule has 0 radical (unpaired) electrons. The van der Waals surface area contributed by atoms with Crippen LogP contribution in [0.3, 0.4) is 0 Å². The number of rotatable bonds is 19. The summed E-state index contributed by atoms with van der Waals surface area (Å²) in [7, 11) is 0. The Morgan fingerprint density at radius 1 is 0.207 bits per heavy atom. The van der Waals surface area contributed by atoms with E-state index >= 15 is 0 Å². The second-order valence-corrected chi connectivity index (χ2v) is 22.8. The van der Waals surface area contributed by atoms with Crippen molar-refractivity contribution in [1.82, 2.24) is 0 Å². The van der Waals surface area contributed by atoms with E-state index in [0.29, 0.717) is 0 Å². The van der Waals surface area contributed by atoms with E-state index in [1.807, 2.05) is 0 Å². The van der Waals surface area contributed by atoms with Crippen molar-refractivity contribution < 1.29 is 0 Å². The highest BCUT2D eigenvalue weighted by Gasteiger charge is 2.16. The molecule has 0 saturated carbocycles. The van der Waals surface area contributed by atoms with Crippen molar-refractivity contribution >= 4 is 17.1 Å². The molecular formula is C79H75N3. The Morgan fingerprint density at radius 3 is 0.780 bits per heavy atom. The predicted octanol–water partition coefficient (Wildman–Crippen LogP) is 20.1. The maximum absolute atomic E-state index is 2.52. The molecule has 11 aromatic rings. The molecule has 0 atom stereocenters. The first-order valence-corrected chi connectivity index (χ1v) is 29.1. The maximum atomic E-state index is 2.52. The van der Waals surface area contributed by atoms with Crippen LogP contribution in [-0.2, 0) is 39.3 Å². The highest BCUT2D eigenvalue weighted by Crippen LogP contribution is 2.33. The van der Waals surface area contributed by atoms with E-state index in [1.165, 1.54) is 134 Å². The Kier molecular flexibility index (Phi) is 16.8. The SMILES string of the molecule is Cc1cccc(-c2ccc(CN(Cc3ccc(C)cc3C)c3ccc(-c4ccc(N(Cc5ccc(-c6ccc(N(Cc7ccc(-c8ccccc8)cc7)Cc7ccc(C)cc7C)cc6)cc5)Cc5ccc(C)cc5C)cc4)cc3)cc2)c1. The first-order valence-electron chi connectivity index (χ1n) is 29.1. The van der Waals surface area contributed by atoms with Gasteiger partial charge in [-0.15, -0.1) is 0 Å². The first-order chi connectivity index (χ1) is 39.9. The lowest BCUT2D eigenvalue weighted by Gasteiger charge is -2.27. The smallest absolute Gasteiger partial charge is 0.0435 e. The molecule has 0 spiro atoms. The first kappa shape index (κ1) is 54.8. The second-order valence-electron chi connectivity index (χ2n) is 22.8. The van der Waals surface area contributed by atoms with E-state index in [9.17, 15) is 0 Å². The molecule has 0 fully saturated rings. The molecule has 0 N–H and O–H groups in total. The molecule has 3 heteroatoms. The summed E-state index contributed by atoms with van der Waals surface area (Å²) in [5.41, 5.74) is 30.4. The Hall–Kier alpha value is -9.18. The quantitative estimate of drug-likeness (QED) is 0.0799. The number of hydrogen-bond acceptors (Lipinski definition) is 3. The minimum atomic E-state index is 0.783. The topological polar surface area (TPSA) is 9.72 Å². The molecule has 3 nitrogen and oxygen atoms in total.